The molecule has 0 radical (unpaired) electrons. The van der Waals surface area contributed by atoms with Crippen molar-refractivity contribution in [3.63, 3.8) is 0 Å². The minimum absolute atomic E-state index is 0.0102. The molecule has 0 saturated carbocycles. The number of ketones is 1. The smallest absolute Gasteiger partial charge is 0.221 e. The lowest BCUT2D eigenvalue weighted by atomic mass is 9.77. The molecule has 4 rings (SSSR count). The van der Waals surface area contributed by atoms with Crippen molar-refractivity contribution >= 4 is 17.5 Å². The van der Waals surface area contributed by atoms with Gasteiger partial charge in [0.15, 0.2) is 0 Å². The molecule has 1 aromatic heterocycles. The molecule has 0 bridgehead atoms. The molecule has 0 aliphatic carbocycles. The van der Waals surface area contributed by atoms with Crippen LogP contribution in [0.4, 0.5) is 0 Å². The van der Waals surface area contributed by atoms with Crippen LogP contribution in [0.2, 0.25) is 0 Å². The first-order valence-corrected chi connectivity index (χ1v) is 13.8. The molecule has 4 atom stereocenters. The molecule has 0 spiro atoms. The van der Waals surface area contributed by atoms with Crippen LogP contribution in [0.3, 0.4) is 0 Å². The summed E-state index contributed by atoms with van der Waals surface area (Å²) in [6.07, 6.45) is 6.01. The number of hydrogen-bond donors (Lipinski definition) is 2. The average molecular weight is 520 g/mol. The van der Waals surface area contributed by atoms with E-state index in [1.165, 1.54) is 0 Å². The Morgan fingerprint density at radius 1 is 1.21 bits per heavy atom. The van der Waals surface area contributed by atoms with E-state index in [-0.39, 0.29) is 23.8 Å². The number of rotatable bonds is 11. The molecular weight excluding hydrogens is 478 g/mol. The van der Waals surface area contributed by atoms with Crippen LogP contribution >= 0.6 is 0 Å². The SMILES string of the molecule is C=CC[C@H](C(N)=O)[C@@H](CC(C)C)C(=O)C[C@H]1CCCCN2C1=NNC2c1ccc(-c2c(C)noc2C)cc1. The standard InChI is InChI=1S/C30H41N5O3/c1-6-9-24(28(31)37)25(16-18(2)3)26(36)17-23-10-7-8-15-35-29(32-33-30(23)35)22-13-11-21(12-14-22)27-19(4)34-38-20(27)5/h6,11-14,18,23-25,29,32H,1,7-10,15-17H2,2-5H3,(H2,31,37)/t23-,24+,25-,29?/m1/s1. The molecule has 1 aromatic carbocycles. The third-order valence-corrected chi connectivity index (χ3v) is 7.88. The molecule has 8 nitrogen and oxygen atoms in total. The molecule has 8 heteroatoms. The van der Waals surface area contributed by atoms with Crippen LogP contribution in [-0.2, 0) is 9.59 Å². The first-order valence-electron chi connectivity index (χ1n) is 13.8. The summed E-state index contributed by atoms with van der Waals surface area (Å²) in [6.45, 7) is 12.7. The van der Waals surface area contributed by atoms with Crippen LogP contribution in [0.15, 0.2) is 46.5 Å². The number of fused-ring (bicyclic) bond motifs is 1. The zero-order chi connectivity index (χ0) is 27.4. The summed E-state index contributed by atoms with van der Waals surface area (Å²) >= 11 is 0. The summed E-state index contributed by atoms with van der Waals surface area (Å²) in [7, 11) is 0. The van der Waals surface area contributed by atoms with Gasteiger partial charge in [0, 0.05) is 30.4 Å². The highest BCUT2D eigenvalue weighted by molar-refractivity contribution is 5.94. The van der Waals surface area contributed by atoms with Crippen molar-refractivity contribution in [1.82, 2.24) is 15.5 Å². The number of carbonyl (C=O) groups is 2. The van der Waals surface area contributed by atoms with Crippen molar-refractivity contribution in [3.05, 3.63) is 53.9 Å². The quantitative estimate of drug-likeness (QED) is 0.391. The van der Waals surface area contributed by atoms with Crippen LogP contribution in [0.25, 0.3) is 11.1 Å². The first kappa shape index (κ1) is 27.6. The average Bonchev–Trinajstić information content (AvgIpc) is 3.39. The minimum Gasteiger partial charge on any atom is -0.369 e. The Morgan fingerprint density at radius 2 is 1.95 bits per heavy atom. The Kier molecular flexibility index (Phi) is 8.69. The molecular formula is C30H41N5O3. The van der Waals surface area contributed by atoms with Gasteiger partial charge >= 0.3 is 0 Å². The fraction of sp³-hybridized carbons (Fsp3) is 0.533. The lowest BCUT2D eigenvalue weighted by Crippen LogP contribution is -2.39. The number of nitrogens with one attached hydrogen (secondary N) is 1. The molecule has 1 unspecified atom stereocenters. The summed E-state index contributed by atoms with van der Waals surface area (Å²) in [5.41, 5.74) is 13.2. The number of amidine groups is 1. The van der Waals surface area contributed by atoms with Gasteiger partial charge in [-0.1, -0.05) is 55.8 Å². The van der Waals surface area contributed by atoms with E-state index in [4.69, 9.17) is 15.4 Å². The zero-order valence-electron chi connectivity index (χ0n) is 23.1. The second-order valence-electron chi connectivity index (χ2n) is 11.1. The molecule has 204 valence electrons. The maximum Gasteiger partial charge on any atom is 0.221 e. The zero-order valence-corrected chi connectivity index (χ0v) is 23.1. The number of nitrogens with zero attached hydrogens (tertiary/aromatic N) is 3. The van der Waals surface area contributed by atoms with E-state index in [0.717, 1.165) is 59.8 Å². The van der Waals surface area contributed by atoms with E-state index in [0.29, 0.717) is 19.3 Å². The second kappa shape index (κ2) is 12.0. The van der Waals surface area contributed by atoms with E-state index in [9.17, 15) is 9.59 Å². The highest BCUT2D eigenvalue weighted by Crippen LogP contribution is 2.35. The van der Waals surface area contributed by atoms with Gasteiger partial charge in [-0.3, -0.25) is 15.0 Å². The van der Waals surface area contributed by atoms with Crippen molar-refractivity contribution in [1.29, 1.82) is 0 Å². The van der Waals surface area contributed by atoms with Gasteiger partial charge in [-0.2, -0.15) is 5.10 Å². The highest BCUT2D eigenvalue weighted by Gasteiger charge is 2.39. The summed E-state index contributed by atoms with van der Waals surface area (Å²) in [5.74, 6) is 0.806. The molecule has 1 fully saturated rings. The number of carbonyl (C=O) groups excluding carboxylic acids is 2. The van der Waals surface area contributed by atoms with Gasteiger partial charge < -0.3 is 15.2 Å². The number of aromatic nitrogens is 1. The van der Waals surface area contributed by atoms with Crippen molar-refractivity contribution in [3.8, 4) is 11.1 Å². The van der Waals surface area contributed by atoms with Crippen LogP contribution in [0.5, 0.6) is 0 Å². The lowest BCUT2D eigenvalue weighted by molar-refractivity contribution is -0.132. The second-order valence-corrected chi connectivity index (χ2v) is 11.1. The summed E-state index contributed by atoms with van der Waals surface area (Å²) in [5, 5.41) is 8.83. The van der Waals surface area contributed by atoms with Gasteiger partial charge in [-0.25, -0.2) is 0 Å². The molecule has 2 aliphatic rings. The fourth-order valence-electron chi connectivity index (χ4n) is 6.02. The van der Waals surface area contributed by atoms with Crippen molar-refractivity contribution in [2.24, 2.45) is 34.5 Å². The maximum absolute atomic E-state index is 13.7. The predicted octanol–water partition coefficient (Wildman–Crippen LogP) is 5.27. The molecule has 1 saturated heterocycles. The number of hydrazone groups is 1. The van der Waals surface area contributed by atoms with Crippen molar-refractivity contribution in [2.45, 2.75) is 72.4 Å². The number of nitrogens with two attached hydrogens (primary N) is 1. The largest absolute Gasteiger partial charge is 0.369 e. The lowest BCUT2D eigenvalue weighted by Gasteiger charge is -2.30. The number of benzene rings is 1. The van der Waals surface area contributed by atoms with E-state index in [2.05, 4.69) is 60.2 Å². The number of hydrogen-bond acceptors (Lipinski definition) is 7. The molecule has 3 heterocycles. The molecule has 2 aromatic rings. The Balaban J connectivity index is 1.51. The molecule has 1 amide bonds. The third kappa shape index (κ3) is 5.84. The van der Waals surface area contributed by atoms with Crippen LogP contribution in [0.1, 0.15) is 75.6 Å². The Labute approximate surface area is 225 Å². The summed E-state index contributed by atoms with van der Waals surface area (Å²) in [4.78, 5) is 28.2. The van der Waals surface area contributed by atoms with Crippen LogP contribution in [0, 0.1) is 37.5 Å². The van der Waals surface area contributed by atoms with E-state index in [1.807, 2.05) is 13.8 Å². The topological polar surface area (TPSA) is 114 Å². The maximum atomic E-state index is 13.7. The first-order chi connectivity index (χ1) is 18.2. The normalized spacial score (nSPS) is 20.8. The Bertz CT molecular complexity index is 1160. The number of amides is 1. The van der Waals surface area contributed by atoms with Gasteiger partial charge in [0.1, 0.15) is 23.5 Å². The van der Waals surface area contributed by atoms with Crippen LogP contribution < -0.4 is 11.2 Å². The third-order valence-electron chi connectivity index (χ3n) is 7.88. The number of allylic oxidation sites excluding steroid dienone is 1. The summed E-state index contributed by atoms with van der Waals surface area (Å²) < 4.78 is 5.34. The Hall–Kier alpha value is -3.42. The van der Waals surface area contributed by atoms with Gasteiger partial charge in [-0.05, 0) is 56.6 Å². The van der Waals surface area contributed by atoms with Gasteiger partial charge in [0.2, 0.25) is 5.91 Å². The van der Waals surface area contributed by atoms with E-state index < -0.39 is 17.7 Å². The predicted molar refractivity (Wildman–Crippen MR) is 149 cm³/mol. The Morgan fingerprint density at radius 3 is 2.55 bits per heavy atom. The highest BCUT2D eigenvalue weighted by atomic mass is 16.5. The molecule has 3 N–H and O–H groups in total. The minimum atomic E-state index is -0.517. The summed E-state index contributed by atoms with van der Waals surface area (Å²) in [6, 6.07) is 8.43. The van der Waals surface area contributed by atoms with Crippen molar-refractivity contribution in [2.75, 3.05) is 6.54 Å². The van der Waals surface area contributed by atoms with E-state index >= 15 is 0 Å². The fourth-order valence-corrected chi connectivity index (χ4v) is 6.02. The molecule has 2 aliphatic heterocycles. The number of primary amides is 1. The number of aryl methyl sites for hydroxylation is 2. The van der Waals surface area contributed by atoms with Gasteiger partial charge in [0.05, 0.1) is 11.6 Å². The molecule has 38 heavy (non-hydrogen) atoms. The van der Waals surface area contributed by atoms with Gasteiger partial charge in [-0.15, -0.1) is 6.58 Å². The van der Waals surface area contributed by atoms with Crippen LogP contribution in [-0.4, -0.2) is 34.1 Å². The van der Waals surface area contributed by atoms with E-state index in [1.54, 1.807) is 6.08 Å². The van der Waals surface area contributed by atoms with Gasteiger partial charge in [0.25, 0.3) is 0 Å². The number of Topliss-reactive ketones (excluding diaryl/α,β-unsaturated/α-hetero) is 1. The monoisotopic (exact) mass is 519 g/mol. The van der Waals surface area contributed by atoms with Crippen molar-refractivity contribution < 1.29 is 14.1 Å².